The van der Waals surface area contributed by atoms with Gasteiger partial charge in [-0.05, 0) is 13.3 Å². The van der Waals surface area contributed by atoms with Crippen LogP contribution in [0.15, 0.2) is 9.90 Å². The summed E-state index contributed by atoms with van der Waals surface area (Å²) in [6.07, 6.45) is 1.24. The average Bonchev–Trinajstić information content (AvgIpc) is 2.96. The summed E-state index contributed by atoms with van der Waals surface area (Å²) in [7, 11) is 1.64. The summed E-state index contributed by atoms with van der Waals surface area (Å²) in [4.78, 5) is 8.63. The number of nitrogens with zero attached hydrogens (tertiary/aromatic N) is 3. The maximum atomic E-state index is 5.90. The van der Waals surface area contributed by atoms with Crippen LogP contribution in [0.5, 0.6) is 0 Å². The minimum Gasteiger partial charge on any atom is -0.385 e. The van der Waals surface area contributed by atoms with Crippen LogP contribution < -0.4 is 5.73 Å². The molecule has 0 saturated heterocycles. The van der Waals surface area contributed by atoms with Crippen molar-refractivity contribution in [2.24, 2.45) is 5.73 Å². The highest BCUT2D eigenvalue weighted by Crippen LogP contribution is 2.15. The maximum absolute atomic E-state index is 5.90. The average molecular weight is 268 g/mol. The van der Waals surface area contributed by atoms with Crippen LogP contribution in [0.25, 0.3) is 0 Å². The molecule has 1 atom stereocenters. The molecule has 0 radical (unpaired) electrons. The van der Waals surface area contributed by atoms with Gasteiger partial charge in [0.15, 0.2) is 5.82 Å². The van der Waals surface area contributed by atoms with Gasteiger partial charge in [0.25, 0.3) is 0 Å². The first kappa shape index (κ1) is 13.1. The van der Waals surface area contributed by atoms with E-state index in [1.165, 1.54) is 0 Å². The number of nitrogens with two attached hydrogens (primary N) is 1. The van der Waals surface area contributed by atoms with Crippen molar-refractivity contribution < 1.29 is 9.26 Å². The van der Waals surface area contributed by atoms with Crippen LogP contribution >= 0.6 is 11.3 Å². The minimum absolute atomic E-state index is 0.274. The molecule has 0 aliphatic heterocycles. The Morgan fingerprint density at radius 3 is 3.00 bits per heavy atom. The van der Waals surface area contributed by atoms with Crippen molar-refractivity contribution in [3.8, 4) is 0 Å². The Labute approximate surface area is 109 Å². The van der Waals surface area contributed by atoms with Gasteiger partial charge in [0.1, 0.15) is 5.01 Å². The minimum atomic E-state index is -0.274. The highest BCUT2D eigenvalue weighted by Gasteiger charge is 2.15. The molecule has 2 N–H and O–H groups in total. The van der Waals surface area contributed by atoms with Crippen molar-refractivity contribution in [3.05, 3.63) is 27.8 Å². The molecule has 2 aromatic heterocycles. The lowest BCUT2D eigenvalue weighted by Crippen LogP contribution is -2.13. The van der Waals surface area contributed by atoms with Gasteiger partial charge in [-0.2, -0.15) is 4.98 Å². The van der Waals surface area contributed by atoms with Crippen LogP contribution in [0.4, 0.5) is 0 Å². The molecule has 7 heteroatoms. The lowest BCUT2D eigenvalue weighted by Gasteiger charge is -2.04. The van der Waals surface area contributed by atoms with Gasteiger partial charge in [-0.3, -0.25) is 0 Å². The van der Waals surface area contributed by atoms with E-state index in [0.29, 0.717) is 31.2 Å². The Hall–Kier alpha value is -1.31. The van der Waals surface area contributed by atoms with Crippen molar-refractivity contribution in [3.63, 3.8) is 0 Å². The molecular weight excluding hydrogens is 252 g/mol. The van der Waals surface area contributed by atoms with Crippen LogP contribution in [0, 0.1) is 6.92 Å². The zero-order chi connectivity index (χ0) is 13.0. The molecule has 1 unspecified atom stereocenters. The summed E-state index contributed by atoms with van der Waals surface area (Å²) in [6, 6.07) is -0.274. The number of hydrogen-bond acceptors (Lipinski definition) is 7. The maximum Gasteiger partial charge on any atom is 0.243 e. The Balaban J connectivity index is 1.97. The van der Waals surface area contributed by atoms with Gasteiger partial charge in [-0.1, -0.05) is 5.16 Å². The molecule has 2 aromatic rings. The van der Waals surface area contributed by atoms with E-state index in [9.17, 15) is 0 Å². The lowest BCUT2D eigenvalue weighted by molar-refractivity contribution is 0.182. The molecule has 2 rings (SSSR count). The van der Waals surface area contributed by atoms with Crippen LogP contribution in [0.2, 0.25) is 0 Å². The molecule has 6 nitrogen and oxygen atoms in total. The Bertz CT molecular complexity index is 497. The largest absolute Gasteiger partial charge is 0.385 e. The summed E-state index contributed by atoms with van der Waals surface area (Å²) >= 11 is 1.59. The van der Waals surface area contributed by atoms with Gasteiger partial charge < -0.3 is 15.0 Å². The van der Waals surface area contributed by atoms with Crippen molar-refractivity contribution >= 4 is 11.3 Å². The second-order valence-corrected chi connectivity index (χ2v) is 4.94. The predicted octanol–water partition coefficient (Wildman–Crippen LogP) is 1.46. The summed E-state index contributed by atoms with van der Waals surface area (Å²) in [5.74, 6) is 1.07. The number of aromatic nitrogens is 3. The fourth-order valence-electron chi connectivity index (χ4n) is 1.48. The number of aryl methyl sites for hydroxylation is 1. The number of hydrogen-bond donors (Lipinski definition) is 1. The Morgan fingerprint density at radius 1 is 1.50 bits per heavy atom. The first-order valence-electron chi connectivity index (χ1n) is 5.67. The number of methoxy groups -OCH3 is 1. The zero-order valence-electron chi connectivity index (χ0n) is 10.4. The van der Waals surface area contributed by atoms with Gasteiger partial charge in [0.2, 0.25) is 5.89 Å². The van der Waals surface area contributed by atoms with Crippen molar-refractivity contribution in [1.82, 2.24) is 15.1 Å². The van der Waals surface area contributed by atoms with Crippen molar-refractivity contribution in [2.75, 3.05) is 13.7 Å². The predicted molar refractivity (Wildman–Crippen MR) is 67.4 cm³/mol. The Kier molecular flexibility index (Phi) is 4.40. The van der Waals surface area contributed by atoms with Gasteiger partial charge >= 0.3 is 0 Å². The number of ether oxygens (including phenoxy) is 1. The van der Waals surface area contributed by atoms with Crippen molar-refractivity contribution in [2.45, 2.75) is 25.8 Å². The molecule has 0 aromatic carbocycles. The summed E-state index contributed by atoms with van der Waals surface area (Å²) < 4.78 is 10.1. The van der Waals surface area contributed by atoms with Crippen LogP contribution in [0.3, 0.4) is 0 Å². The van der Waals surface area contributed by atoms with E-state index in [1.807, 2.05) is 12.3 Å². The number of rotatable bonds is 6. The van der Waals surface area contributed by atoms with Gasteiger partial charge in [0, 0.05) is 24.8 Å². The first-order chi connectivity index (χ1) is 8.69. The smallest absolute Gasteiger partial charge is 0.243 e. The fourth-order valence-corrected chi connectivity index (χ4v) is 2.25. The molecular formula is C11H16N4O2S. The van der Waals surface area contributed by atoms with E-state index in [0.717, 1.165) is 10.7 Å². The van der Waals surface area contributed by atoms with Gasteiger partial charge in [-0.25, -0.2) is 4.98 Å². The SMILES string of the molecule is COCCC(N)c1nc(Cc2nc(C)cs2)no1. The third-order valence-electron chi connectivity index (χ3n) is 2.41. The molecule has 0 saturated carbocycles. The summed E-state index contributed by atoms with van der Waals surface area (Å²) in [5.41, 5.74) is 6.91. The summed E-state index contributed by atoms with van der Waals surface area (Å²) in [5, 5.41) is 6.89. The summed E-state index contributed by atoms with van der Waals surface area (Å²) in [6.45, 7) is 2.53. The Morgan fingerprint density at radius 2 is 2.33 bits per heavy atom. The third kappa shape index (κ3) is 3.34. The molecule has 0 spiro atoms. The topological polar surface area (TPSA) is 87.1 Å². The van der Waals surface area contributed by atoms with Gasteiger partial charge in [-0.15, -0.1) is 11.3 Å². The monoisotopic (exact) mass is 268 g/mol. The van der Waals surface area contributed by atoms with E-state index in [1.54, 1.807) is 18.4 Å². The standard InChI is InChI=1S/C11H16N4O2S/c1-7-6-18-10(13-7)5-9-14-11(17-15-9)8(12)3-4-16-2/h6,8H,3-5,12H2,1-2H3. The first-order valence-corrected chi connectivity index (χ1v) is 6.55. The third-order valence-corrected chi connectivity index (χ3v) is 3.38. The second-order valence-electron chi connectivity index (χ2n) is 4.00. The van der Waals surface area contributed by atoms with Crippen LogP contribution in [-0.2, 0) is 11.2 Å². The zero-order valence-corrected chi connectivity index (χ0v) is 11.2. The molecule has 0 aliphatic rings. The van der Waals surface area contributed by atoms with Crippen LogP contribution in [-0.4, -0.2) is 28.8 Å². The normalized spacial score (nSPS) is 12.8. The van der Waals surface area contributed by atoms with Crippen LogP contribution in [0.1, 0.15) is 34.9 Å². The molecule has 0 fully saturated rings. The lowest BCUT2D eigenvalue weighted by atomic mass is 10.2. The number of thiazole rings is 1. The molecule has 0 bridgehead atoms. The fraction of sp³-hybridized carbons (Fsp3) is 0.545. The second kappa shape index (κ2) is 6.03. The molecule has 98 valence electrons. The van der Waals surface area contributed by atoms with Gasteiger partial charge in [0.05, 0.1) is 12.5 Å². The molecule has 0 amide bonds. The highest BCUT2D eigenvalue weighted by molar-refractivity contribution is 7.09. The van der Waals surface area contributed by atoms with E-state index < -0.39 is 0 Å². The van der Waals surface area contributed by atoms with E-state index in [4.69, 9.17) is 15.0 Å². The van der Waals surface area contributed by atoms with E-state index in [2.05, 4.69) is 15.1 Å². The highest BCUT2D eigenvalue weighted by atomic mass is 32.1. The van der Waals surface area contributed by atoms with E-state index >= 15 is 0 Å². The van der Waals surface area contributed by atoms with Crippen molar-refractivity contribution in [1.29, 1.82) is 0 Å². The molecule has 0 aliphatic carbocycles. The van der Waals surface area contributed by atoms with E-state index in [-0.39, 0.29) is 6.04 Å². The quantitative estimate of drug-likeness (QED) is 0.853. The molecule has 18 heavy (non-hydrogen) atoms. The molecule has 2 heterocycles.